The third kappa shape index (κ3) is 3.95. The van der Waals surface area contributed by atoms with Gasteiger partial charge in [0.05, 0.1) is 22.8 Å². The molecule has 34 heavy (non-hydrogen) atoms. The quantitative estimate of drug-likeness (QED) is 0.433. The Labute approximate surface area is 209 Å². The maximum absolute atomic E-state index is 14.1. The number of hydrogen-bond donors (Lipinski definition) is 3. The maximum atomic E-state index is 14.1. The molecule has 9 nitrogen and oxygen atoms in total. The highest BCUT2D eigenvalue weighted by Crippen LogP contribution is 2.45. The van der Waals surface area contributed by atoms with Crippen molar-refractivity contribution in [2.24, 2.45) is 0 Å². The second-order valence-electron chi connectivity index (χ2n) is 7.51. The Morgan fingerprint density at radius 2 is 2.15 bits per heavy atom. The number of methoxy groups -OCH3 is 1. The summed E-state index contributed by atoms with van der Waals surface area (Å²) >= 11 is 16.5. The number of rotatable bonds is 5. The lowest BCUT2D eigenvalue weighted by Gasteiger charge is -2.51. The summed E-state index contributed by atoms with van der Waals surface area (Å²) in [5, 5.41) is 39.7. The van der Waals surface area contributed by atoms with Gasteiger partial charge in [0.1, 0.15) is 52.6 Å². The average Bonchev–Trinajstić information content (AvgIpc) is 3.32. The van der Waals surface area contributed by atoms with Gasteiger partial charge in [-0.3, -0.25) is 0 Å². The van der Waals surface area contributed by atoms with E-state index in [4.69, 9.17) is 32.7 Å². The fourth-order valence-electron chi connectivity index (χ4n) is 4.20. The van der Waals surface area contributed by atoms with Crippen LogP contribution in [0.4, 0.5) is 4.39 Å². The number of thiol groups is 1. The number of nitriles is 1. The van der Waals surface area contributed by atoms with Gasteiger partial charge >= 0.3 is 0 Å². The van der Waals surface area contributed by atoms with Crippen LogP contribution in [-0.4, -0.2) is 67.7 Å². The molecule has 1 fully saturated rings. The maximum Gasteiger partial charge on any atom is 0.150 e. The largest absolute Gasteiger partial charge is 0.394 e. The van der Waals surface area contributed by atoms with Gasteiger partial charge in [0.25, 0.3) is 0 Å². The summed E-state index contributed by atoms with van der Waals surface area (Å²) < 4.78 is 26.7. The van der Waals surface area contributed by atoms with E-state index in [1.54, 1.807) is 6.07 Å². The Bertz CT molecular complexity index is 1260. The zero-order chi connectivity index (χ0) is 24.6. The summed E-state index contributed by atoms with van der Waals surface area (Å²) in [6.07, 6.45) is -0.983. The van der Waals surface area contributed by atoms with Crippen molar-refractivity contribution in [2.75, 3.05) is 13.7 Å². The van der Waals surface area contributed by atoms with Gasteiger partial charge in [0, 0.05) is 24.4 Å². The number of hydrogen-bond acceptors (Lipinski definition) is 9. The Morgan fingerprint density at radius 3 is 2.79 bits per heavy atom. The first-order valence-corrected chi connectivity index (χ1v) is 11.1. The monoisotopic (exact) mass is 525 g/mol. The van der Waals surface area contributed by atoms with Gasteiger partial charge in [0.15, 0.2) is 0 Å². The van der Waals surface area contributed by atoms with Crippen molar-refractivity contribution < 1.29 is 24.1 Å². The zero-order valence-electron chi connectivity index (χ0n) is 17.5. The second-order valence-corrected chi connectivity index (χ2v) is 8.87. The molecule has 178 valence electrons. The van der Waals surface area contributed by atoms with E-state index in [1.807, 2.05) is 6.07 Å². The summed E-state index contributed by atoms with van der Waals surface area (Å²) in [5.41, 5.74) is -2.00. The Kier molecular flexibility index (Phi) is 7.12. The molecule has 2 aromatic heterocycles. The molecule has 4 rings (SSSR count). The van der Waals surface area contributed by atoms with Crippen LogP contribution in [0.5, 0.6) is 0 Å². The van der Waals surface area contributed by atoms with E-state index < -0.39 is 41.7 Å². The molecule has 0 unspecified atom stereocenters. The van der Waals surface area contributed by atoms with Crippen molar-refractivity contribution in [2.45, 2.75) is 29.3 Å². The predicted molar refractivity (Wildman–Crippen MR) is 123 cm³/mol. The van der Waals surface area contributed by atoms with Crippen LogP contribution in [0.2, 0.25) is 10.0 Å². The van der Waals surface area contributed by atoms with Crippen LogP contribution >= 0.6 is 35.8 Å². The van der Waals surface area contributed by atoms with Gasteiger partial charge in [-0.25, -0.2) is 14.1 Å². The van der Waals surface area contributed by atoms with Crippen LogP contribution in [-0.2, 0) is 15.0 Å². The van der Waals surface area contributed by atoms with Gasteiger partial charge in [-0.2, -0.15) is 5.26 Å². The first-order valence-electron chi connectivity index (χ1n) is 9.87. The van der Waals surface area contributed by atoms with Gasteiger partial charge in [-0.1, -0.05) is 34.5 Å². The number of halogens is 3. The van der Waals surface area contributed by atoms with Crippen molar-refractivity contribution in [3.8, 4) is 17.3 Å². The molecule has 1 saturated heterocycles. The van der Waals surface area contributed by atoms with Gasteiger partial charge in [-0.15, -0.1) is 17.7 Å². The smallest absolute Gasteiger partial charge is 0.150 e. The first-order chi connectivity index (χ1) is 16.3. The highest BCUT2D eigenvalue weighted by atomic mass is 35.5. The van der Waals surface area contributed by atoms with Crippen LogP contribution in [0.25, 0.3) is 11.3 Å². The van der Waals surface area contributed by atoms with Crippen LogP contribution < -0.4 is 0 Å². The third-order valence-corrected chi connectivity index (χ3v) is 6.63. The molecule has 3 aromatic rings. The van der Waals surface area contributed by atoms with E-state index in [-0.39, 0.29) is 27.0 Å². The van der Waals surface area contributed by atoms with Crippen LogP contribution in [0, 0.1) is 17.1 Å². The van der Waals surface area contributed by atoms with E-state index >= 15 is 0 Å². The normalized spacial score (nSPS) is 26.9. The molecular formula is C21H18Cl2FN5O4S. The molecule has 1 aliphatic rings. The molecule has 3 heterocycles. The van der Waals surface area contributed by atoms with Crippen molar-refractivity contribution in [3.05, 3.63) is 63.8 Å². The first kappa shape index (κ1) is 24.8. The highest BCUT2D eigenvalue weighted by Gasteiger charge is 2.60. The number of benzene rings is 1. The van der Waals surface area contributed by atoms with E-state index in [0.29, 0.717) is 5.56 Å². The molecule has 0 radical (unpaired) electrons. The fourth-order valence-corrected chi connectivity index (χ4v) is 4.98. The zero-order valence-corrected chi connectivity index (χ0v) is 19.9. The standard InChI is InChI=1S/C21H18Cl2FN5O4S/c1-32-19-20(34)33-17(9-30)18(31)21(19,12-5-11(22)7-26-15(12)6-25)29-8-16(27-28-29)10-2-3-13(23)14(24)4-10/h2-5,7-8,17-20,30-31,34H,9H2,1H3/t17-,18+,19+,20-,21+/m0/s1. The summed E-state index contributed by atoms with van der Waals surface area (Å²) in [7, 11) is 1.37. The molecule has 13 heteroatoms. The molecule has 1 aromatic carbocycles. The molecule has 0 spiro atoms. The minimum atomic E-state index is -1.72. The fraction of sp³-hybridized carbons (Fsp3) is 0.333. The Hall–Kier alpha value is -2.30. The molecule has 1 aliphatic heterocycles. The molecule has 2 N–H and O–H groups in total. The SMILES string of the molecule is CO[C@@H]1[C@H](S)O[C@@H](CO)[C@@H](O)[C@@]1(c1cc(Cl)cnc1C#N)n1cc(-c2ccc(Cl)c(F)c2)nn1. The second kappa shape index (κ2) is 9.75. The van der Waals surface area contributed by atoms with Crippen molar-refractivity contribution in [3.63, 3.8) is 0 Å². The van der Waals surface area contributed by atoms with Gasteiger partial charge in [-0.05, 0) is 18.2 Å². The molecule has 0 saturated carbocycles. The van der Waals surface area contributed by atoms with Crippen LogP contribution in [0.1, 0.15) is 11.3 Å². The topological polar surface area (TPSA) is 126 Å². The summed E-state index contributed by atoms with van der Waals surface area (Å²) in [6, 6.07) is 7.56. The number of ether oxygens (including phenoxy) is 2. The van der Waals surface area contributed by atoms with Crippen molar-refractivity contribution >= 4 is 35.8 Å². The summed E-state index contributed by atoms with van der Waals surface area (Å²) in [6.45, 7) is -0.573. The van der Waals surface area contributed by atoms with E-state index in [9.17, 15) is 19.9 Å². The number of nitrogens with zero attached hydrogens (tertiary/aromatic N) is 5. The van der Waals surface area contributed by atoms with Crippen LogP contribution in [0.15, 0.2) is 36.7 Å². The highest BCUT2D eigenvalue weighted by molar-refractivity contribution is 7.80. The molecule has 0 bridgehead atoms. The lowest BCUT2D eigenvalue weighted by molar-refractivity contribution is -0.213. The molecule has 0 amide bonds. The lowest BCUT2D eigenvalue weighted by atomic mass is 9.75. The minimum Gasteiger partial charge on any atom is -0.394 e. The third-order valence-electron chi connectivity index (χ3n) is 5.72. The number of aliphatic hydroxyl groups is 2. The molecule has 0 aliphatic carbocycles. The summed E-state index contributed by atoms with van der Waals surface area (Å²) in [5.74, 6) is -0.647. The Morgan fingerprint density at radius 1 is 1.38 bits per heavy atom. The number of aromatic nitrogens is 4. The van der Waals surface area contributed by atoms with E-state index in [1.165, 1.54) is 42.4 Å². The van der Waals surface area contributed by atoms with E-state index in [2.05, 4.69) is 27.9 Å². The van der Waals surface area contributed by atoms with Gasteiger partial charge < -0.3 is 19.7 Å². The van der Waals surface area contributed by atoms with Gasteiger partial charge in [0.2, 0.25) is 0 Å². The minimum absolute atomic E-state index is 0.0562. The van der Waals surface area contributed by atoms with Crippen molar-refractivity contribution in [1.29, 1.82) is 5.26 Å². The molecular weight excluding hydrogens is 508 g/mol. The Balaban J connectivity index is 2.02. The predicted octanol–water partition coefficient (Wildman–Crippen LogP) is 2.42. The van der Waals surface area contributed by atoms with Crippen LogP contribution in [0.3, 0.4) is 0 Å². The average molecular weight is 526 g/mol. The van der Waals surface area contributed by atoms with E-state index in [0.717, 1.165) is 0 Å². The lowest BCUT2D eigenvalue weighted by Crippen LogP contribution is -2.68. The molecule has 5 atom stereocenters. The number of pyridine rings is 1. The van der Waals surface area contributed by atoms with Crippen molar-refractivity contribution in [1.82, 2.24) is 20.0 Å². The summed E-state index contributed by atoms with van der Waals surface area (Å²) in [4.78, 5) is 4.09. The number of aliphatic hydroxyl groups excluding tert-OH is 2.